The molecule has 1 aromatic heterocycles. The molecule has 2 N–H and O–H groups in total. The third-order valence-corrected chi connectivity index (χ3v) is 7.20. The Kier molecular flexibility index (Phi) is 7.04. The summed E-state index contributed by atoms with van der Waals surface area (Å²) in [5.74, 6) is 1.50. The van der Waals surface area contributed by atoms with Gasteiger partial charge in [0.2, 0.25) is 5.91 Å². The number of nitrogens with zero attached hydrogens (tertiary/aromatic N) is 2. The van der Waals surface area contributed by atoms with Gasteiger partial charge >= 0.3 is 6.09 Å². The second kappa shape index (κ2) is 10.4. The zero-order valence-electron chi connectivity index (χ0n) is 21.9. The SMILES string of the molecule is CC(C)(C)OC(=O)N1CCCC1C(=O)Nc1ccc(-c2ccc(-c3cnc(C4CCCC4)[nH]3)cc2)cc1. The summed E-state index contributed by atoms with van der Waals surface area (Å²) in [5.41, 5.74) is 4.46. The van der Waals surface area contributed by atoms with Crippen LogP contribution in [0.4, 0.5) is 10.5 Å². The molecule has 1 aliphatic heterocycles. The van der Waals surface area contributed by atoms with Crippen LogP contribution in [-0.2, 0) is 9.53 Å². The Balaban J connectivity index is 1.21. The summed E-state index contributed by atoms with van der Waals surface area (Å²) in [7, 11) is 0. The molecule has 2 amide bonds. The number of aromatic nitrogens is 2. The van der Waals surface area contributed by atoms with Crippen LogP contribution in [0.5, 0.6) is 0 Å². The minimum atomic E-state index is -0.592. The predicted octanol–water partition coefficient (Wildman–Crippen LogP) is 6.74. The smallest absolute Gasteiger partial charge is 0.410 e. The maximum atomic E-state index is 12.9. The summed E-state index contributed by atoms with van der Waals surface area (Å²) in [6, 6.07) is 15.7. The Bertz CT molecular complexity index is 1240. The molecular formula is C30H36N4O3. The maximum absolute atomic E-state index is 12.9. The molecule has 7 nitrogen and oxygen atoms in total. The molecule has 0 spiro atoms. The summed E-state index contributed by atoms with van der Waals surface area (Å²) in [6.07, 6.45) is 7.96. The van der Waals surface area contributed by atoms with E-state index in [2.05, 4.69) is 39.6 Å². The normalized spacial score (nSPS) is 18.2. The molecule has 2 heterocycles. The van der Waals surface area contributed by atoms with Crippen molar-refractivity contribution in [3.05, 3.63) is 60.6 Å². The van der Waals surface area contributed by atoms with Crippen molar-refractivity contribution >= 4 is 17.7 Å². The van der Waals surface area contributed by atoms with E-state index in [1.807, 2.05) is 51.2 Å². The number of likely N-dealkylation sites (tertiary alicyclic amines) is 1. The van der Waals surface area contributed by atoms with Crippen molar-refractivity contribution in [3.8, 4) is 22.4 Å². The number of benzene rings is 2. The first-order valence-corrected chi connectivity index (χ1v) is 13.3. The van der Waals surface area contributed by atoms with E-state index in [0.29, 0.717) is 24.6 Å². The summed E-state index contributed by atoms with van der Waals surface area (Å²) in [5, 5.41) is 2.97. The van der Waals surface area contributed by atoms with Crippen LogP contribution in [0.3, 0.4) is 0 Å². The van der Waals surface area contributed by atoms with E-state index >= 15 is 0 Å². The molecule has 1 aliphatic carbocycles. The van der Waals surface area contributed by atoms with Gasteiger partial charge in [-0.25, -0.2) is 9.78 Å². The zero-order chi connectivity index (χ0) is 26.0. The van der Waals surface area contributed by atoms with Gasteiger partial charge in [0, 0.05) is 18.2 Å². The Labute approximate surface area is 218 Å². The molecule has 3 aromatic rings. The molecule has 7 heteroatoms. The van der Waals surface area contributed by atoms with Gasteiger partial charge in [-0.3, -0.25) is 9.69 Å². The lowest BCUT2D eigenvalue weighted by Gasteiger charge is -2.28. The molecule has 0 radical (unpaired) electrons. The van der Waals surface area contributed by atoms with Gasteiger partial charge in [0.05, 0.1) is 11.9 Å². The number of H-pyrrole nitrogens is 1. The van der Waals surface area contributed by atoms with Gasteiger partial charge in [0.15, 0.2) is 0 Å². The highest BCUT2D eigenvalue weighted by Crippen LogP contribution is 2.33. The van der Waals surface area contributed by atoms with Crippen LogP contribution in [-0.4, -0.2) is 45.1 Å². The summed E-state index contributed by atoms with van der Waals surface area (Å²) in [4.78, 5) is 35.1. The van der Waals surface area contributed by atoms with Crippen molar-refractivity contribution in [3.63, 3.8) is 0 Å². The fourth-order valence-corrected chi connectivity index (χ4v) is 5.28. The molecule has 1 atom stereocenters. The van der Waals surface area contributed by atoms with Crippen LogP contribution in [0.1, 0.15) is 71.0 Å². The average Bonchev–Trinajstić information content (AvgIpc) is 3.65. The van der Waals surface area contributed by atoms with Gasteiger partial charge in [-0.15, -0.1) is 0 Å². The number of aromatic amines is 1. The predicted molar refractivity (Wildman–Crippen MR) is 145 cm³/mol. The molecule has 194 valence electrons. The van der Waals surface area contributed by atoms with Crippen LogP contribution in [0.15, 0.2) is 54.7 Å². The topological polar surface area (TPSA) is 87.3 Å². The second-order valence-corrected chi connectivity index (χ2v) is 11.1. The van der Waals surface area contributed by atoms with Crippen molar-refractivity contribution < 1.29 is 14.3 Å². The highest BCUT2D eigenvalue weighted by atomic mass is 16.6. The van der Waals surface area contributed by atoms with E-state index in [1.54, 1.807) is 0 Å². The fourth-order valence-electron chi connectivity index (χ4n) is 5.28. The quantitative estimate of drug-likeness (QED) is 0.406. The van der Waals surface area contributed by atoms with Gasteiger partial charge in [0.25, 0.3) is 0 Å². The van der Waals surface area contributed by atoms with Crippen molar-refractivity contribution in [2.45, 2.75) is 76.9 Å². The number of carbonyl (C=O) groups is 2. The first-order chi connectivity index (χ1) is 17.8. The van der Waals surface area contributed by atoms with E-state index in [0.717, 1.165) is 34.6 Å². The Morgan fingerprint density at radius 3 is 2.19 bits per heavy atom. The number of hydrogen-bond donors (Lipinski definition) is 2. The molecule has 1 saturated carbocycles. The van der Waals surface area contributed by atoms with Gasteiger partial charge in [0.1, 0.15) is 17.5 Å². The van der Waals surface area contributed by atoms with Crippen LogP contribution < -0.4 is 5.32 Å². The minimum absolute atomic E-state index is 0.183. The van der Waals surface area contributed by atoms with Crippen LogP contribution in [0.2, 0.25) is 0 Å². The zero-order valence-corrected chi connectivity index (χ0v) is 21.9. The van der Waals surface area contributed by atoms with Crippen LogP contribution in [0, 0.1) is 0 Å². The highest BCUT2D eigenvalue weighted by Gasteiger charge is 2.36. The van der Waals surface area contributed by atoms with E-state index in [-0.39, 0.29) is 5.91 Å². The summed E-state index contributed by atoms with van der Waals surface area (Å²) in [6.45, 7) is 6.02. The van der Waals surface area contributed by atoms with Crippen LogP contribution in [0.25, 0.3) is 22.4 Å². The van der Waals surface area contributed by atoms with Gasteiger partial charge in [-0.2, -0.15) is 0 Å². The Morgan fingerprint density at radius 1 is 0.919 bits per heavy atom. The molecule has 2 aliphatic rings. The van der Waals surface area contributed by atoms with Crippen molar-refractivity contribution in [2.75, 3.05) is 11.9 Å². The number of amides is 2. The first-order valence-electron chi connectivity index (χ1n) is 13.3. The number of anilines is 1. The van der Waals surface area contributed by atoms with E-state index < -0.39 is 17.7 Å². The second-order valence-electron chi connectivity index (χ2n) is 11.1. The Hall–Kier alpha value is -3.61. The van der Waals surface area contributed by atoms with Gasteiger partial charge in [-0.05, 0) is 75.3 Å². The first kappa shape index (κ1) is 25.1. The minimum Gasteiger partial charge on any atom is -0.444 e. The number of carbonyl (C=O) groups excluding carboxylic acids is 2. The average molecular weight is 501 g/mol. The fraction of sp³-hybridized carbons (Fsp3) is 0.433. The van der Waals surface area contributed by atoms with E-state index in [9.17, 15) is 9.59 Å². The molecule has 37 heavy (non-hydrogen) atoms. The number of rotatable bonds is 5. The standard InChI is InChI=1S/C30H36N4O3/c1-30(2,3)37-29(36)34-18-6-9-26(34)28(35)32-24-16-14-21(15-17-24)20-10-12-22(13-11-20)25-19-31-27(33-25)23-7-4-5-8-23/h10-17,19,23,26H,4-9,18H2,1-3H3,(H,31,33)(H,32,35). The lowest BCUT2D eigenvalue weighted by Crippen LogP contribution is -2.45. The molecule has 2 aromatic carbocycles. The van der Waals surface area contributed by atoms with Gasteiger partial charge in [-0.1, -0.05) is 49.2 Å². The third-order valence-electron chi connectivity index (χ3n) is 7.20. The molecule has 5 rings (SSSR count). The largest absolute Gasteiger partial charge is 0.444 e. The van der Waals surface area contributed by atoms with E-state index in [4.69, 9.17) is 4.74 Å². The number of nitrogens with one attached hydrogen (secondary N) is 2. The van der Waals surface area contributed by atoms with E-state index in [1.165, 1.54) is 30.6 Å². The van der Waals surface area contributed by atoms with Crippen molar-refractivity contribution in [1.82, 2.24) is 14.9 Å². The monoisotopic (exact) mass is 500 g/mol. The molecule has 1 saturated heterocycles. The maximum Gasteiger partial charge on any atom is 0.410 e. The Morgan fingerprint density at radius 2 is 1.54 bits per heavy atom. The third kappa shape index (κ3) is 5.87. The molecule has 2 fully saturated rings. The number of ether oxygens (including phenoxy) is 1. The molecule has 0 bridgehead atoms. The van der Waals surface area contributed by atoms with Crippen LogP contribution >= 0.6 is 0 Å². The van der Waals surface area contributed by atoms with Gasteiger partial charge < -0.3 is 15.0 Å². The van der Waals surface area contributed by atoms with Crippen molar-refractivity contribution in [1.29, 1.82) is 0 Å². The number of hydrogen-bond acceptors (Lipinski definition) is 4. The molecule has 1 unspecified atom stereocenters. The lowest BCUT2D eigenvalue weighted by molar-refractivity contribution is -0.120. The lowest BCUT2D eigenvalue weighted by atomic mass is 10.0. The number of imidazole rings is 1. The summed E-state index contributed by atoms with van der Waals surface area (Å²) < 4.78 is 5.48. The summed E-state index contributed by atoms with van der Waals surface area (Å²) >= 11 is 0. The molecular weight excluding hydrogens is 464 g/mol. The highest BCUT2D eigenvalue weighted by molar-refractivity contribution is 5.97. The van der Waals surface area contributed by atoms with Crippen molar-refractivity contribution in [2.24, 2.45) is 0 Å².